The SMILES string of the molecule is CCOc1ccc(N(CC(=O)N(Cc2ccccc2)C(CC)C(=O)NC(C)(C)C)S(C)(=O)=O)cc1. The van der Waals surface area contributed by atoms with Gasteiger partial charge in [0, 0.05) is 12.1 Å². The van der Waals surface area contributed by atoms with Gasteiger partial charge in [0.1, 0.15) is 18.3 Å². The van der Waals surface area contributed by atoms with Gasteiger partial charge in [-0.2, -0.15) is 0 Å². The molecule has 0 fully saturated rings. The molecule has 0 radical (unpaired) electrons. The van der Waals surface area contributed by atoms with Crippen LogP contribution in [0.1, 0.15) is 46.6 Å². The van der Waals surface area contributed by atoms with Crippen molar-refractivity contribution in [2.75, 3.05) is 23.7 Å². The third-order valence-corrected chi connectivity index (χ3v) is 6.34. The molecular formula is C26H37N3O5S. The van der Waals surface area contributed by atoms with E-state index in [2.05, 4.69) is 5.32 Å². The van der Waals surface area contributed by atoms with E-state index in [0.717, 1.165) is 16.1 Å². The maximum absolute atomic E-state index is 13.6. The van der Waals surface area contributed by atoms with E-state index in [9.17, 15) is 18.0 Å². The summed E-state index contributed by atoms with van der Waals surface area (Å²) in [5.74, 6) is -0.146. The van der Waals surface area contributed by atoms with Crippen molar-refractivity contribution in [2.24, 2.45) is 0 Å². The van der Waals surface area contributed by atoms with E-state index >= 15 is 0 Å². The number of anilines is 1. The molecule has 1 N–H and O–H groups in total. The smallest absolute Gasteiger partial charge is 0.244 e. The van der Waals surface area contributed by atoms with Crippen LogP contribution in [0.2, 0.25) is 0 Å². The van der Waals surface area contributed by atoms with E-state index in [1.54, 1.807) is 24.3 Å². The van der Waals surface area contributed by atoms with Crippen LogP contribution in [0.25, 0.3) is 0 Å². The Labute approximate surface area is 209 Å². The summed E-state index contributed by atoms with van der Waals surface area (Å²) in [6.07, 6.45) is 1.43. The van der Waals surface area contributed by atoms with Crippen LogP contribution in [0.3, 0.4) is 0 Å². The molecule has 0 aliphatic heterocycles. The first-order chi connectivity index (χ1) is 16.4. The highest BCUT2D eigenvalue weighted by atomic mass is 32.2. The summed E-state index contributed by atoms with van der Waals surface area (Å²) < 4.78 is 31.8. The van der Waals surface area contributed by atoms with Gasteiger partial charge in [-0.1, -0.05) is 37.3 Å². The molecule has 35 heavy (non-hydrogen) atoms. The first kappa shape index (κ1) is 28.2. The lowest BCUT2D eigenvalue weighted by Gasteiger charge is -2.34. The minimum Gasteiger partial charge on any atom is -0.494 e. The standard InChI is InChI=1S/C26H37N3O5S/c1-7-23(25(31)27-26(3,4)5)28(18-20-12-10-9-11-13-20)24(30)19-29(35(6,32)33)21-14-16-22(17-15-21)34-8-2/h9-17,23H,7-8,18-19H2,1-6H3,(H,27,31). The number of carbonyl (C=O) groups is 2. The first-order valence-corrected chi connectivity index (χ1v) is 13.6. The van der Waals surface area contributed by atoms with Crippen molar-refractivity contribution in [2.45, 2.75) is 59.2 Å². The van der Waals surface area contributed by atoms with E-state index in [0.29, 0.717) is 24.5 Å². The molecule has 0 bridgehead atoms. The number of rotatable bonds is 11. The monoisotopic (exact) mass is 503 g/mol. The molecule has 0 aliphatic rings. The fraction of sp³-hybridized carbons (Fsp3) is 0.462. The Bertz CT molecular complexity index is 1080. The zero-order valence-corrected chi connectivity index (χ0v) is 22.3. The number of nitrogens with one attached hydrogen (secondary N) is 1. The Morgan fingerprint density at radius 2 is 1.60 bits per heavy atom. The average molecular weight is 504 g/mol. The van der Waals surface area contributed by atoms with Crippen molar-refractivity contribution < 1.29 is 22.7 Å². The lowest BCUT2D eigenvalue weighted by molar-refractivity contribution is -0.141. The van der Waals surface area contributed by atoms with Gasteiger partial charge in [0.25, 0.3) is 0 Å². The number of benzene rings is 2. The summed E-state index contributed by atoms with van der Waals surface area (Å²) in [6, 6.07) is 15.1. The zero-order chi connectivity index (χ0) is 26.2. The zero-order valence-electron chi connectivity index (χ0n) is 21.4. The molecule has 8 nitrogen and oxygen atoms in total. The lowest BCUT2D eigenvalue weighted by atomic mass is 10.1. The summed E-state index contributed by atoms with van der Waals surface area (Å²) in [6.45, 7) is 9.54. The van der Waals surface area contributed by atoms with Crippen LogP contribution >= 0.6 is 0 Å². The molecule has 2 aromatic carbocycles. The number of carbonyl (C=O) groups excluding carboxylic acids is 2. The van der Waals surface area contributed by atoms with E-state index in [1.165, 1.54) is 4.90 Å². The third kappa shape index (κ3) is 8.58. The van der Waals surface area contributed by atoms with E-state index in [-0.39, 0.29) is 12.5 Å². The van der Waals surface area contributed by atoms with Crippen LogP contribution in [0, 0.1) is 0 Å². The van der Waals surface area contributed by atoms with Crippen molar-refractivity contribution in [3.05, 3.63) is 60.2 Å². The largest absolute Gasteiger partial charge is 0.494 e. The Balaban J connectivity index is 2.41. The van der Waals surface area contributed by atoms with Gasteiger partial charge in [-0.15, -0.1) is 0 Å². The summed E-state index contributed by atoms with van der Waals surface area (Å²) >= 11 is 0. The van der Waals surface area contributed by atoms with Gasteiger partial charge in [0.2, 0.25) is 21.8 Å². The van der Waals surface area contributed by atoms with E-state index in [1.807, 2.05) is 65.0 Å². The predicted octanol–water partition coefficient (Wildman–Crippen LogP) is 3.57. The highest BCUT2D eigenvalue weighted by Crippen LogP contribution is 2.23. The van der Waals surface area contributed by atoms with E-state index < -0.39 is 34.1 Å². The maximum Gasteiger partial charge on any atom is 0.244 e. The number of hydrogen-bond donors (Lipinski definition) is 1. The molecule has 0 saturated heterocycles. The van der Waals surface area contributed by atoms with Crippen LogP contribution < -0.4 is 14.4 Å². The van der Waals surface area contributed by atoms with Crippen LogP contribution in [-0.4, -0.2) is 56.1 Å². The van der Waals surface area contributed by atoms with Crippen molar-refractivity contribution >= 4 is 27.5 Å². The second-order valence-electron chi connectivity index (χ2n) is 9.37. The van der Waals surface area contributed by atoms with Crippen LogP contribution in [-0.2, 0) is 26.2 Å². The molecule has 1 atom stereocenters. The van der Waals surface area contributed by atoms with Gasteiger partial charge in [-0.05, 0) is 63.9 Å². The van der Waals surface area contributed by atoms with Crippen molar-refractivity contribution in [1.29, 1.82) is 0 Å². The van der Waals surface area contributed by atoms with Crippen LogP contribution in [0.5, 0.6) is 5.75 Å². The molecule has 0 heterocycles. The van der Waals surface area contributed by atoms with Gasteiger partial charge in [0.05, 0.1) is 18.6 Å². The van der Waals surface area contributed by atoms with Crippen molar-refractivity contribution in [3.63, 3.8) is 0 Å². The molecule has 0 aromatic heterocycles. The maximum atomic E-state index is 13.6. The van der Waals surface area contributed by atoms with Gasteiger partial charge in [-0.25, -0.2) is 8.42 Å². The molecule has 9 heteroatoms. The molecule has 192 valence electrons. The number of nitrogens with zero attached hydrogens (tertiary/aromatic N) is 2. The Kier molecular flexibility index (Phi) is 9.71. The second kappa shape index (κ2) is 12.1. The summed E-state index contributed by atoms with van der Waals surface area (Å²) in [5.41, 5.74) is 0.707. The van der Waals surface area contributed by atoms with Crippen LogP contribution in [0.15, 0.2) is 54.6 Å². The van der Waals surface area contributed by atoms with Gasteiger partial charge in [0.15, 0.2) is 0 Å². The average Bonchev–Trinajstić information content (AvgIpc) is 2.77. The molecule has 0 saturated carbocycles. The van der Waals surface area contributed by atoms with Gasteiger partial charge >= 0.3 is 0 Å². The topological polar surface area (TPSA) is 96.0 Å². The molecule has 2 amide bonds. The third-order valence-electron chi connectivity index (χ3n) is 5.19. The second-order valence-corrected chi connectivity index (χ2v) is 11.3. The summed E-state index contributed by atoms with van der Waals surface area (Å²) in [7, 11) is -3.78. The fourth-order valence-corrected chi connectivity index (χ4v) is 4.49. The fourth-order valence-electron chi connectivity index (χ4n) is 3.64. The minimum absolute atomic E-state index is 0.177. The lowest BCUT2D eigenvalue weighted by Crippen LogP contribution is -2.55. The molecule has 0 aliphatic carbocycles. The highest BCUT2D eigenvalue weighted by molar-refractivity contribution is 7.92. The van der Waals surface area contributed by atoms with Crippen LogP contribution in [0.4, 0.5) is 5.69 Å². The minimum atomic E-state index is -3.78. The Morgan fingerprint density at radius 3 is 2.09 bits per heavy atom. The predicted molar refractivity (Wildman–Crippen MR) is 139 cm³/mol. The molecule has 0 spiro atoms. The van der Waals surface area contributed by atoms with Crippen molar-refractivity contribution in [1.82, 2.24) is 10.2 Å². The Morgan fingerprint density at radius 1 is 1.00 bits per heavy atom. The molecule has 1 unspecified atom stereocenters. The summed E-state index contributed by atoms with van der Waals surface area (Å²) in [5, 5.41) is 2.95. The van der Waals surface area contributed by atoms with Crippen molar-refractivity contribution in [3.8, 4) is 5.75 Å². The van der Waals surface area contributed by atoms with E-state index in [4.69, 9.17) is 4.74 Å². The number of ether oxygens (including phenoxy) is 1. The molecule has 2 aromatic rings. The van der Waals surface area contributed by atoms with Gasteiger partial charge < -0.3 is 15.0 Å². The molecule has 2 rings (SSSR count). The summed E-state index contributed by atoms with van der Waals surface area (Å²) in [4.78, 5) is 28.2. The highest BCUT2D eigenvalue weighted by Gasteiger charge is 2.33. The normalized spacial score (nSPS) is 12.5. The quantitative estimate of drug-likeness (QED) is 0.506. The Hall–Kier alpha value is -3.07. The molecular weight excluding hydrogens is 466 g/mol. The number of amides is 2. The van der Waals surface area contributed by atoms with Gasteiger partial charge in [-0.3, -0.25) is 13.9 Å². The number of sulfonamides is 1. The first-order valence-electron chi connectivity index (χ1n) is 11.7. The number of hydrogen-bond acceptors (Lipinski definition) is 5.